The molecule has 0 unspecified atom stereocenters. The minimum Gasteiger partial charge on any atom is -0.338 e. The monoisotopic (exact) mass is 310 g/mol. The Labute approximate surface area is 133 Å². The number of fused-ring (bicyclic) bond motifs is 1. The van der Waals surface area contributed by atoms with Gasteiger partial charge in [-0.2, -0.15) is 5.10 Å². The first-order valence-electron chi connectivity index (χ1n) is 7.71. The van der Waals surface area contributed by atoms with E-state index in [0.717, 1.165) is 24.5 Å². The third-order valence-electron chi connectivity index (χ3n) is 4.38. The Kier molecular flexibility index (Phi) is 3.14. The lowest BCUT2D eigenvalue weighted by molar-refractivity contribution is 0.0792. The minimum absolute atomic E-state index is 0.00729. The second-order valence-corrected chi connectivity index (χ2v) is 6.03. The number of aryl methyl sites for hydroxylation is 2. The van der Waals surface area contributed by atoms with Crippen molar-refractivity contribution in [3.05, 3.63) is 47.9 Å². The van der Waals surface area contributed by atoms with Gasteiger partial charge in [0.25, 0.3) is 5.91 Å². The summed E-state index contributed by atoms with van der Waals surface area (Å²) in [5.41, 5.74) is 2.18. The Balaban J connectivity index is 1.58. The number of carbonyl (C=O) groups excluding carboxylic acids is 1. The zero-order chi connectivity index (χ0) is 16.0. The third kappa shape index (κ3) is 2.28. The van der Waals surface area contributed by atoms with Gasteiger partial charge in [0, 0.05) is 44.6 Å². The first kappa shape index (κ1) is 13.9. The van der Waals surface area contributed by atoms with Gasteiger partial charge < -0.3 is 9.47 Å². The summed E-state index contributed by atoms with van der Waals surface area (Å²) in [6.07, 6.45) is 8.03. The van der Waals surface area contributed by atoms with E-state index in [2.05, 4.69) is 19.6 Å². The highest BCUT2D eigenvalue weighted by molar-refractivity contribution is 5.99. The van der Waals surface area contributed by atoms with Crippen LogP contribution in [-0.4, -0.2) is 48.0 Å². The SMILES string of the molecule is Cc1cn(C)c([C@H]2CCN(C(=O)c3cnn4cccnc34)C2)n1. The number of hydrogen-bond donors (Lipinski definition) is 0. The van der Waals surface area contributed by atoms with Gasteiger partial charge in [0.15, 0.2) is 5.65 Å². The van der Waals surface area contributed by atoms with Crippen molar-refractivity contribution >= 4 is 11.6 Å². The summed E-state index contributed by atoms with van der Waals surface area (Å²) >= 11 is 0. The maximum absolute atomic E-state index is 12.8. The molecule has 1 aliphatic heterocycles. The summed E-state index contributed by atoms with van der Waals surface area (Å²) < 4.78 is 3.69. The molecule has 7 heteroatoms. The molecular formula is C16H18N6O. The molecule has 0 saturated carbocycles. The molecule has 3 aromatic rings. The van der Waals surface area contributed by atoms with Crippen molar-refractivity contribution in [3.63, 3.8) is 0 Å². The molecule has 1 aliphatic rings. The number of amides is 1. The Morgan fingerprint density at radius 3 is 3.04 bits per heavy atom. The van der Waals surface area contributed by atoms with Gasteiger partial charge in [0.1, 0.15) is 11.4 Å². The first-order chi connectivity index (χ1) is 11.1. The lowest BCUT2D eigenvalue weighted by Crippen LogP contribution is -2.28. The lowest BCUT2D eigenvalue weighted by atomic mass is 10.1. The summed E-state index contributed by atoms with van der Waals surface area (Å²) in [7, 11) is 2.01. The van der Waals surface area contributed by atoms with Crippen molar-refractivity contribution in [2.45, 2.75) is 19.3 Å². The van der Waals surface area contributed by atoms with Gasteiger partial charge in [-0.25, -0.2) is 14.5 Å². The van der Waals surface area contributed by atoms with Crippen LogP contribution in [0.15, 0.2) is 30.9 Å². The molecule has 0 aliphatic carbocycles. The van der Waals surface area contributed by atoms with Crippen molar-refractivity contribution in [1.82, 2.24) is 29.0 Å². The molecule has 0 spiro atoms. The molecule has 4 heterocycles. The van der Waals surface area contributed by atoms with Gasteiger partial charge in [0.05, 0.1) is 11.9 Å². The molecule has 0 radical (unpaired) electrons. The Morgan fingerprint density at radius 2 is 2.26 bits per heavy atom. The highest BCUT2D eigenvalue weighted by atomic mass is 16.2. The topological polar surface area (TPSA) is 68.3 Å². The number of likely N-dealkylation sites (tertiary alicyclic amines) is 1. The van der Waals surface area contributed by atoms with Crippen molar-refractivity contribution < 1.29 is 4.79 Å². The number of carbonyl (C=O) groups is 1. The fraction of sp³-hybridized carbons (Fsp3) is 0.375. The Morgan fingerprint density at radius 1 is 1.39 bits per heavy atom. The van der Waals surface area contributed by atoms with E-state index < -0.39 is 0 Å². The maximum atomic E-state index is 12.8. The van der Waals surface area contributed by atoms with Crippen molar-refractivity contribution in [2.75, 3.05) is 13.1 Å². The summed E-state index contributed by atoms with van der Waals surface area (Å²) in [6, 6.07) is 1.80. The molecular weight excluding hydrogens is 292 g/mol. The molecule has 3 aromatic heterocycles. The van der Waals surface area contributed by atoms with Gasteiger partial charge in [0.2, 0.25) is 0 Å². The smallest absolute Gasteiger partial charge is 0.259 e. The number of hydrogen-bond acceptors (Lipinski definition) is 4. The summed E-state index contributed by atoms with van der Waals surface area (Å²) in [5.74, 6) is 1.33. The quantitative estimate of drug-likeness (QED) is 0.717. The molecule has 118 valence electrons. The predicted octanol–water partition coefficient (Wildman–Crippen LogP) is 1.40. The molecule has 1 atom stereocenters. The van der Waals surface area contributed by atoms with Crippen molar-refractivity contribution in [1.29, 1.82) is 0 Å². The average molecular weight is 310 g/mol. The van der Waals surface area contributed by atoms with Crippen LogP contribution in [0.5, 0.6) is 0 Å². The first-order valence-corrected chi connectivity index (χ1v) is 7.71. The second kappa shape index (κ2) is 5.19. The van der Waals surface area contributed by atoms with E-state index in [4.69, 9.17) is 0 Å². The Bertz CT molecular complexity index is 880. The molecule has 0 bridgehead atoms. The zero-order valence-electron chi connectivity index (χ0n) is 13.2. The van der Waals surface area contributed by atoms with Crippen LogP contribution < -0.4 is 0 Å². The summed E-state index contributed by atoms with van der Waals surface area (Å²) in [4.78, 5) is 23.5. The normalized spacial score (nSPS) is 18.0. The van der Waals surface area contributed by atoms with Crippen LogP contribution in [0.25, 0.3) is 5.65 Å². The standard InChI is InChI=1S/C16H18N6O/c1-11-9-20(2)14(19-11)12-4-7-21(10-12)16(23)13-8-18-22-6-3-5-17-15(13)22/h3,5-6,8-9,12H,4,7,10H2,1-2H3/t12-/m0/s1. The second-order valence-electron chi connectivity index (χ2n) is 6.03. The lowest BCUT2D eigenvalue weighted by Gasteiger charge is -2.15. The van der Waals surface area contributed by atoms with Gasteiger partial charge in [-0.05, 0) is 19.4 Å². The largest absolute Gasteiger partial charge is 0.338 e. The number of aromatic nitrogens is 5. The maximum Gasteiger partial charge on any atom is 0.259 e. The van der Waals surface area contributed by atoms with E-state index in [0.29, 0.717) is 17.8 Å². The van der Waals surface area contributed by atoms with E-state index in [9.17, 15) is 4.79 Å². The predicted molar refractivity (Wildman–Crippen MR) is 84.2 cm³/mol. The van der Waals surface area contributed by atoms with Crippen LogP contribution in [0, 0.1) is 6.92 Å². The van der Waals surface area contributed by atoms with E-state index >= 15 is 0 Å². The van der Waals surface area contributed by atoms with Crippen LogP contribution in [0.3, 0.4) is 0 Å². The van der Waals surface area contributed by atoms with Crippen LogP contribution >= 0.6 is 0 Å². The van der Waals surface area contributed by atoms with Crippen LogP contribution in [0.2, 0.25) is 0 Å². The molecule has 1 saturated heterocycles. The van der Waals surface area contributed by atoms with Gasteiger partial charge in [-0.1, -0.05) is 0 Å². The van der Waals surface area contributed by atoms with E-state index in [-0.39, 0.29) is 11.8 Å². The van der Waals surface area contributed by atoms with Crippen LogP contribution in [-0.2, 0) is 7.05 Å². The van der Waals surface area contributed by atoms with E-state index in [1.165, 1.54) is 0 Å². The average Bonchev–Trinajstić information content (AvgIpc) is 3.24. The number of rotatable bonds is 2. The molecule has 0 N–H and O–H groups in total. The number of nitrogens with zero attached hydrogens (tertiary/aromatic N) is 6. The van der Waals surface area contributed by atoms with Crippen molar-refractivity contribution in [2.24, 2.45) is 7.05 Å². The molecule has 23 heavy (non-hydrogen) atoms. The number of imidazole rings is 1. The van der Waals surface area contributed by atoms with Crippen LogP contribution in [0.1, 0.15) is 34.2 Å². The summed E-state index contributed by atoms with van der Waals surface area (Å²) in [5, 5.41) is 4.20. The molecule has 7 nitrogen and oxygen atoms in total. The fourth-order valence-electron chi connectivity index (χ4n) is 3.32. The Hall–Kier alpha value is -2.70. The fourth-order valence-corrected chi connectivity index (χ4v) is 3.32. The van der Waals surface area contributed by atoms with E-state index in [1.54, 1.807) is 29.2 Å². The van der Waals surface area contributed by atoms with Gasteiger partial charge in [-0.3, -0.25) is 4.79 Å². The zero-order valence-corrected chi connectivity index (χ0v) is 13.2. The molecule has 0 aromatic carbocycles. The third-order valence-corrected chi connectivity index (χ3v) is 4.38. The highest BCUT2D eigenvalue weighted by Crippen LogP contribution is 2.27. The summed E-state index contributed by atoms with van der Waals surface area (Å²) in [6.45, 7) is 3.42. The molecule has 1 amide bonds. The van der Waals surface area contributed by atoms with Gasteiger partial charge >= 0.3 is 0 Å². The van der Waals surface area contributed by atoms with E-state index in [1.807, 2.05) is 25.1 Å². The van der Waals surface area contributed by atoms with Gasteiger partial charge in [-0.15, -0.1) is 0 Å². The molecule has 1 fully saturated rings. The minimum atomic E-state index is -0.00729. The molecule has 4 rings (SSSR count). The van der Waals surface area contributed by atoms with Crippen LogP contribution in [0.4, 0.5) is 0 Å². The van der Waals surface area contributed by atoms with Crippen molar-refractivity contribution in [3.8, 4) is 0 Å². The highest BCUT2D eigenvalue weighted by Gasteiger charge is 2.31.